The molecule has 1 aromatic heterocycles. The van der Waals surface area contributed by atoms with E-state index in [9.17, 15) is 8.78 Å². The predicted octanol–water partition coefficient (Wildman–Crippen LogP) is 6.66. The van der Waals surface area contributed by atoms with Gasteiger partial charge >= 0.3 is 0 Å². The molecule has 0 radical (unpaired) electrons. The van der Waals surface area contributed by atoms with Crippen molar-refractivity contribution in [1.29, 1.82) is 0 Å². The maximum absolute atomic E-state index is 13.0. The molecule has 146 valence electrons. The summed E-state index contributed by atoms with van der Waals surface area (Å²) in [4.78, 5) is 0. The number of hydrogen-bond donors (Lipinski definition) is 0. The number of rotatable bonds is 0. The molecule has 1 nitrogen and oxygen atoms in total. The van der Waals surface area contributed by atoms with Gasteiger partial charge in [-0.05, 0) is 84.9 Å². The Kier molecular flexibility index (Phi) is 4.71. The van der Waals surface area contributed by atoms with E-state index in [1.807, 2.05) is 36.4 Å². The molecule has 1 heterocycles. The zero-order valence-corrected chi connectivity index (χ0v) is 16.2. The molecule has 3 heteroatoms. The zero-order chi connectivity index (χ0) is 21.2. The number of benzene rings is 4. The third-order valence-electron chi connectivity index (χ3n) is 4.86. The van der Waals surface area contributed by atoms with Gasteiger partial charge in [-0.2, -0.15) is 0 Å². The van der Waals surface area contributed by atoms with Crippen molar-refractivity contribution < 1.29 is 13.2 Å². The van der Waals surface area contributed by atoms with E-state index in [0.717, 1.165) is 44.2 Å². The second-order valence-electron chi connectivity index (χ2n) is 7.04. The average Bonchev–Trinajstić information content (AvgIpc) is 3.15. The van der Waals surface area contributed by atoms with Gasteiger partial charge in [0.1, 0.15) is 22.8 Å². The minimum atomic E-state index is -0.282. The lowest BCUT2D eigenvalue weighted by Gasteiger charge is -1.93. The van der Waals surface area contributed by atoms with E-state index in [0.29, 0.717) is 0 Å². The molecule has 0 aliphatic rings. The van der Waals surface area contributed by atoms with E-state index in [2.05, 4.69) is 23.7 Å². The minimum Gasteiger partial charge on any atom is -0.456 e. The quantitative estimate of drug-likeness (QED) is 0.263. The lowest BCUT2D eigenvalue weighted by Crippen LogP contribution is -1.78. The van der Waals surface area contributed by atoms with Gasteiger partial charge in [0.15, 0.2) is 0 Å². The van der Waals surface area contributed by atoms with Crippen LogP contribution in [-0.4, -0.2) is 0 Å². The van der Waals surface area contributed by atoms with Gasteiger partial charge in [0.2, 0.25) is 0 Å². The lowest BCUT2D eigenvalue weighted by molar-refractivity contribution is 0.627. The van der Waals surface area contributed by atoms with E-state index < -0.39 is 0 Å². The summed E-state index contributed by atoms with van der Waals surface area (Å²) in [6.45, 7) is 0. The molecule has 0 aliphatic carbocycles. The predicted molar refractivity (Wildman–Crippen MR) is 118 cm³/mol. The van der Waals surface area contributed by atoms with Crippen molar-refractivity contribution >= 4 is 21.9 Å². The topological polar surface area (TPSA) is 13.1 Å². The van der Waals surface area contributed by atoms with E-state index in [-0.39, 0.29) is 11.6 Å². The van der Waals surface area contributed by atoms with Crippen LogP contribution in [0.5, 0.6) is 0 Å². The fraction of sp³-hybridized carbons (Fsp3) is 0. The molecule has 0 saturated heterocycles. The van der Waals surface area contributed by atoms with Crippen molar-refractivity contribution in [2.45, 2.75) is 0 Å². The van der Waals surface area contributed by atoms with Crippen LogP contribution in [0.3, 0.4) is 0 Å². The van der Waals surface area contributed by atoms with Gasteiger partial charge in [-0.25, -0.2) is 8.78 Å². The van der Waals surface area contributed by atoms with E-state index in [1.54, 1.807) is 24.3 Å². The van der Waals surface area contributed by atoms with Crippen LogP contribution in [0, 0.1) is 35.3 Å². The first-order valence-electron chi connectivity index (χ1n) is 9.66. The number of halogens is 2. The Morgan fingerprint density at radius 3 is 1.23 bits per heavy atom. The Morgan fingerprint density at radius 2 is 0.806 bits per heavy atom. The number of furan rings is 1. The Morgan fingerprint density at radius 1 is 0.452 bits per heavy atom. The van der Waals surface area contributed by atoms with Crippen molar-refractivity contribution in [1.82, 2.24) is 0 Å². The Balaban J connectivity index is 1.47. The first-order valence-corrected chi connectivity index (χ1v) is 9.66. The third-order valence-corrected chi connectivity index (χ3v) is 4.86. The largest absolute Gasteiger partial charge is 0.456 e. The highest BCUT2D eigenvalue weighted by Crippen LogP contribution is 2.29. The second kappa shape index (κ2) is 7.82. The fourth-order valence-corrected chi connectivity index (χ4v) is 3.29. The molecule has 5 rings (SSSR count). The first-order chi connectivity index (χ1) is 15.1. The molecule has 0 fully saturated rings. The normalized spacial score (nSPS) is 10.4. The van der Waals surface area contributed by atoms with Crippen molar-refractivity contribution in [2.24, 2.45) is 0 Å². The number of hydrogen-bond acceptors (Lipinski definition) is 1. The summed E-state index contributed by atoms with van der Waals surface area (Å²) in [5.74, 6) is 11.7. The van der Waals surface area contributed by atoms with Crippen molar-refractivity contribution in [3.63, 3.8) is 0 Å². The second-order valence-corrected chi connectivity index (χ2v) is 7.04. The lowest BCUT2D eigenvalue weighted by atomic mass is 10.1. The zero-order valence-electron chi connectivity index (χ0n) is 16.2. The average molecular weight is 404 g/mol. The summed E-state index contributed by atoms with van der Waals surface area (Å²) in [5.41, 5.74) is 4.60. The molecule has 0 bridgehead atoms. The fourth-order valence-electron chi connectivity index (χ4n) is 3.29. The highest BCUT2D eigenvalue weighted by Gasteiger charge is 2.07. The molecule has 0 N–H and O–H groups in total. The summed E-state index contributed by atoms with van der Waals surface area (Å²) in [7, 11) is 0. The smallest absolute Gasteiger partial charge is 0.136 e. The third kappa shape index (κ3) is 4.04. The van der Waals surface area contributed by atoms with Crippen LogP contribution in [0.15, 0.2) is 89.3 Å². The van der Waals surface area contributed by atoms with Crippen molar-refractivity contribution in [2.75, 3.05) is 0 Å². The van der Waals surface area contributed by atoms with Gasteiger partial charge < -0.3 is 4.42 Å². The molecule has 0 amide bonds. The molecule has 0 atom stereocenters. The number of fused-ring (bicyclic) bond motifs is 3. The molecular weight excluding hydrogens is 390 g/mol. The maximum atomic E-state index is 13.0. The summed E-state index contributed by atoms with van der Waals surface area (Å²) < 4.78 is 32.1. The van der Waals surface area contributed by atoms with Crippen LogP contribution in [0.1, 0.15) is 22.3 Å². The van der Waals surface area contributed by atoms with Gasteiger partial charge in [0.25, 0.3) is 0 Å². The maximum Gasteiger partial charge on any atom is 0.136 e. The molecule has 5 aromatic rings. The SMILES string of the molecule is Fc1ccc(C#Cc2ccc3c(c2)oc2cc(C#Cc4ccc(F)cc4)ccc23)cc1. The molecule has 0 aliphatic heterocycles. The summed E-state index contributed by atoms with van der Waals surface area (Å²) in [6.07, 6.45) is 0. The molecule has 31 heavy (non-hydrogen) atoms. The summed E-state index contributed by atoms with van der Waals surface area (Å²) in [6, 6.07) is 23.8. The van der Waals surface area contributed by atoms with Crippen molar-refractivity contribution in [3.05, 3.63) is 119 Å². The Hall–Kier alpha value is -4.34. The molecule has 0 saturated carbocycles. The monoisotopic (exact) mass is 404 g/mol. The Labute approximate surface area is 177 Å². The summed E-state index contributed by atoms with van der Waals surface area (Å²) >= 11 is 0. The first kappa shape index (κ1) is 18.7. The summed E-state index contributed by atoms with van der Waals surface area (Å²) in [5, 5.41) is 2.00. The molecular formula is C28H14F2O. The van der Waals surface area contributed by atoms with Gasteiger partial charge in [-0.15, -0.1) is 0 Å². The van der Waals surface area contributed by atoms with Gasteiger partial charge in [0.05, 0.1) is 0 Å². The van der Waals surface area contributed by atoms with Crippen LogP contribution in [-0.2, 0) is 0 Å². The minimum absolute atomic E-state index is 0.282. The van der Waals surface area contributed by atoms with E-state index >= 15 is 0 Å². The molecule has 4 aromatic carbocycles. The van der Waals surface area contributed by atoms with Crippen LogP contribution in [0.2, 0.25) is 0 Å². The molecule has 0 spiro atoms. The van der Waals surface area contributed by atoms with E-state index in [1.165, 1.54) is 24.3 Å². The van der Waals surface area contributed by atoms with Crippen molar-refractivity contribution in [3.8, 4) is 23.7 Å². The van der Waals surface area contributed by atoms with Crippen LogP contribution >= 0.6 is 0 Å². The van der Waals surface area contributed by atoms with Gasteiger partial charge in [-0.3, -0.25) is 0 Å². The van der Waals surface area contributed by atoms with Crippen LogP contribution in [0.25, 0.3) is 21.9 Å². The van der Waals surface area contributed by atoms with Gasteiger partial charge in [0, 0.05) is 33.0 Å². The van der Waals surface area contributed by atoms with Gasteiger partial charge in [-0.1, -0.05) is 23.7 Å². The van der Waals surface area contributed by atoms with Crippen LogP contribution < -0.4 is 0 Å². The molecule has 0 unspecified atom stereocenters. The van der Waals surface area contributed by atoms with Crippen LogP contribution in [0.4, 0.5) is 8.78 Å². The van der Waals surface area contributed by atoms with E-state index in [4.69, 9.17) is 4.42 Å². The highest BCUT2D eigenvalue weighted by atomic mass is 19.1. The Bertz CT molecular complexity index is 1420. The highest BCUT2D eigenvalue weighted by molar-refractivity contribution is 6.05. The standard InChI is InChI=1S/C28H14F2O/c29-23-11-5-19(6-12-23)1-3-21-9-15-25-26-16-10-22(18-28(26)31-27(25)17-21)4-2-20-7-13-24(30)14-8-20/h5-18H.